The molecule has 0 radical (unpaired) electrons. The third-order valence-corrected chi connectivity index (χ3v) is 3.72. The maximum absolute atomic E-state index is 5.97. The van der Waals surface area contributed by atoms with Crippen LogP contribution in [0.1, 0.15) is 57.8 Å². The fraction of sp³-hybridized carbons (Fsp3) is 0.833. The van der Waals surface area contributed by atoms with Crippen molar-refractivity contribution < 1.29 is 4.52 Å². The van der Waals surface area contributed by atoms with E-state index in [4.69, 9.17) is 10.3 Å². The predicted molar refractivity (Wildman–Crippen MR) is 71.8 cm³/mol. The lowest BCUT2D eigenvalue weighted by atomic mass is 10.1. The number of rotatable bonds is 8. The number of nitrogens with two attached hydrogens (primary N) is 1. The van der Waals surface area contributed by atoms with E-state index >= 15 is 0 Å². The van der Waals surface area contributed by atoms with Gasteiger partial charge in [0.05, 0.1) is 11.8 Å². The molecule has 1 aromatic rings. The zero-order chi connectivity index (χ0) is 12.7. The molecule has 1 rings (SSSR count). The Labute approximate surface area is 108 Å². The van der Waals surface area contributed by atoms with E-state index in [1.807, 2.05) is 11.8 Å². The molecule has 0 aliphatic carbocycles. The second-order valence-electron chi connectivity index (χ2n) is 4.71. The van der Waals surface area contributed by atoms with Crippen molar-refractivity contribution in [3.63, 3.8) is 0 Å². The minimum absolute atomic E-state index is 0.105. The van der Waals surface area contributed by atoms with Crippen LogP contribution in [-0.2, 0) is 5.75 Å². The number of aromatic nitrogens is 2. The molecule has 1 heterocycles. The molecule has 0 aromatic carbocycles. The van der Waals surface area contributed by atoms with Crippen molar-refractivity contribution in [2.75, 3.05) is 5.75 Å². The Morgan fingerprint density at radius 1 is 1.41 bits per heavy atom. The second kappa shape index (κ2) is 7.71. The summed E-state index contributed by atoms with van der Waals surface area (Å²) in [5, 5.41) is 3.96. The number of nitrogens with zero attached hydrogens (tertiary/aromatic N) is 2. The maximum Gasteiger partial charge on any atom is 0.243 e. The molecule has 1 aromatic heterocycles. The van der Waals surface area contributed by atoms with Crippen LogP contribution in [-0.4, -0.2) is 15.9 Å². The fourth-order valence-electron chi connectivity index (χ4n) is 1.41. The highest BCUT2D eigenvalue weighted by atomic mass is 32.2. The summed E-state index contributed by atoms with van der Waals surface area (Å²) in [6.07, 6.45) is 3.15. The van der Waals surface area contributed by atoms with E-state index in [1.54, 1.807) is 0 Å². The van der Waals surface area contributed by atoms with Crippen molar-refractivity contribution >= 4 is 11.8 Å². The van der Waals surface area contributed by atoms with Gasteiger partial charge in [-0.15, -0.1) is 0 Å². The number of unbranched alkanes of at least 4 members (excludes halogenated alkanes) is 1. The van der Waals surface area contributed by atoms with Crippen LogP contribution in [0.3, 0.4) is 0 Å². The van der Waals surface area contributed by atoms with Crippen LogP contribution in [0.25, 0.3) is 0 Å². The molecule has 0 spiro atoms. The SMILES string of the molecule is CCCC[C@H](N)c1nc(CSCC(C)C)no1. The summed E-state index contributed by atoms with van der Waals surface area (Å²) in [6, 6.07) is -0.105. The normalized spacial score (nSPS) is 13.2. The molecular weight excluding hydrogens is 234 g/mol. The first-order chi connectivity index (χ1) is 8.13. The standard InChI is InChI=1S/C12H23N3OS/c1-4-5-6-10(13)12-14-11(15-16-12)8-17-7-9(2)3/h9-10H,4-8,13H2,1-3H3/t10-/m0/s1. The first kappa shape index (κ1) is 14.5. The summed E-state index contributed by atoms with van der Waals surface area (Å²) in [4.78, 5) is 4.34. The van der Waals surface area contributed by atoms with E-state index < -0.39 is 0 Å². The molecule has 17 heavy (non-hydrogen) atoms. The van der Waals surface area contributed by atoms with Crippen molar-refractivity contribution in [3.05, 3.63) is 11.7 Å². The lowest BCUT2D eigenvalue weighted by molar-refractivity contribution is 0.343. The van der Waals surface area contributed by atoms with Gasteiger partial charge in [0, 0.05) is 0 Å². The van der Waals surface area contributed by atoms with Crippen molar-refractivity contribution in [1.29, 1.82) is 0 Å². The molecule has 0 bridgehead atoms. The van der Waals surface area contributed by atoms with Crippen LogP contribution >= 0.6 is 11.8 Å². The zero-order valence-corrected chi connectivity index (χ0v) is 11.8. The highest BCUT2D eigenvalue weighted by Crippen LogP contribution is 2.17. The van der Waals surface area contributed by atoms with Crippen LogP contribution in [0.5, 0.6) is 0 Å². The number of thioether (sulfide) groups is 1. The van der Waals surface area contributed by atoms with Gasteiger partial charge in [-0.2, -0.15) is 16.7 Å². The topological polar surface area (TPSA) is 64.9 Å². The van der Waals surface area contributed by atoms with Crippen LogP contribution in [0, 0.1) is 5.92 Å². The predicted octanol–water partition coefficient (Wildman–Crippen LogP) is 3.15. The largest absolute Gasteiger partial charge is 0.338 e. The average Bonchev–Trinajstić information content (AvgIpc) is 2.74. The van der Waals surface area contributed by atoms with E-state index in [2.05, 4.69) is 30.9 Å². The third-order valence-electron chi connectivity index (χ3n) is 2.35. The Hall–Kier alpha value is -0.550. The maximum atomic E-state index is 5.97. The minimum atomic E-state index is -0.105. The van der Waals surface area contributed by atoms with Gasteiger partial charge < -0.3 is 10.3 Å². The van der Waals surface area contributed by atoms with Gasteiger partial charge in [-0.05, 0) is 18.1 Å². The van der Waals surface area contributed by atoms with Crippen molar-refractivity contribution in [2.45, 2.75) is 51.8 Å². The molecule has 4 nitrogen and oxygen atoms in total. The van der Waals surface area contributed by atoms with Crippen molar-refractivity contribution in [2.24, 2.45) is 11.7 Å². The van der Waals surface area contributed by atoms with E-state index in [1.165, 1.54) is 0 Å². The molecule has 0 saturated carbocycles. The Morgan fingerprint density at radius 2 is 2.18 bits per heavy atom. The summed E-state index contributed by atoms with van der Waals surface area (Å²) in [7, 11) is 0. The van der Waals surface area contributed by atoms with Gasteiger partial charge in [-0.1, -0.05) is 38.8 Å². The first-order valence-electron chi connectivity index (χ1n) is 6.29. The van der Waals surface area contributed by atoms with Crippen LogP contribution in [0.2, 0.25) is 0 Å². The highest BCUT2D eigenvalue weighted by Gasteiger charge is 2.14. The molecule has 0 amide bonds. The van der Waals surface area contributed by atoms with Gasteiger partial charge >= 0.3 is 0 Å². The Bertz CT molecular complexity index is 314. The van der Waals surface area contributed by atoms with Gasteiger partial charge in [0.1, 0.15) is 0 Å². The molecule has 0 saturated heterocycles. The highest BCUT2D eigenvalue weighted by molar-refractivity contribution is 7.98. The molecule has 2 N–H and O–H groups in total. The Balaban J connectivity index is 2.36. The van der Waals surface area contributed by atoms with E-state index in [0.29, 0.717) is 11.8 Å². The molecule has 5 heteroatoms. The van der Waals surface area contributed by atoms with E-state index in [0.717, 1.165) is 36.6 Å². The van der Waals surface area contributed by atoms with Crippen LogP contribution in [0.4, 0.5) is 0 Å². The fourth-order valence-corrected chi connectivity index (χ4v) is 2.30. The van der Waals surface area contributed by atoms with E-state index in [9.17, 15) is 0 Å². The van der Waals surface area contributed by atoms with Crippen LogP contribution < -0.4 is 5.73 Å². The summed E-state index contributed by atoms with van der Waals surface area (Å²) in [6.45, 7) is 6.55. The average molecular weight is 257 g/mol. The number of hydrogen-bond acceptors (Lipinski definition) is 5. The first-order valence-corrected chi connectivity index (χ1v) is 7.44. The lowest BCUT2D eigenvalue weighted by Gasteiger charge is -2.03. The summed E-state index contributed by atoms with van der Waals surface area (Å²) >= 11 is 1.83. The minimum Gasteiger partial charge on any atom is -0.338 e. The smallest absolute Gasteiger partial charge is 0.243 e. The van der Waals surface area contributed by atoms with E-state index in [-0.39, 0.29) is 6.04 Å². The quantitative estimate of drug-likeness (QED) is 0.775. The molecular formula is C12H23N3OS. The monoisotopic (exact) mass is 257 g/mol. The Morgan fingerprint density at radius 3 is 2.82 bits per heavy atom. The van der Waals surface area contributed by atoms with Crippen LogP contribution in [0.15, 0.2) is 4.52 Å². The van der Waals surface area contributed by atoms with Gasteiger partial charge in [-0.3, -0.25) is 0 Å². The third kappa shape index (κ3) is 5.55. The van der Waals surface area contributed by atoms with Crippen molar-refractivity contribution in [3.8, 4) is 0 Å². The summed E-state index contributed by atoms with van der Waals surface area (Å²) in [5.41, 5.74) is 5.97. The van der Waals surface area contributed by atoms with Crippen molar-refractivity contribution in [1.82, 2.24) is 10.1 Å². The van der Waals surface area contributed by atoms with Gasteiger partial charge in [0.15, 0.2) is 5.82 Å². The Kier molecular flexibility index (Phi) is 6.58. The lowest BCUT2D eigenvalue weighted by Crippen LogP contribution is -2.10. The van der Waals surface area contributed by atoms with Gasteiger partial charge in [-0.25, -0.2) is 0 Å². The molecule has 0 aliphatic rings. The zero-order valence-electron chi connectivity index (χ0n) is 11.0. The number of hydrogen-bond donors (Lipinski definition) is 1. The second-order valence-corrected chi connectivity index (χ2v) is 5.74. The summed E-state index contributed by atoms with van der Waals surface area (Å²) < 4.78 is 5.18. The molecule has 98 valence electrons. The van der Waals surface area contributed by atoms with Gasteiger partial charge in [0.25, 0.3) is 0 Å². The molecule has 1 atom stereocenters. The molecule has 0 fully saturated rings. The summed E-state index contributed by atoms with van der Waals surface area (Å²) in [5.74, 6) is 3.96. The molecule has 0 aliphatic heterocycles. The molecule has 0 unspecified atom stereocenters. The van der Waals surface area contributed by atoms with Gasteiger partial charge in [0.2, 0.25) is 5.89 Å².